The first kappa shape index (κ1) is 14.4. The van der Waals surface area contributed by atoms with Gasteiger partial charge in [-0.1, -0.05) is 12.1 Å². The molecule has 0 fully saturated rings. The van der Waals surface area contributed by atoms with Crippen LogP contribution in [-0.2, 0) is 0 Å². The van der Waals surface area contributed by atoms with Crippen LogP contribution in [-0.4, -0.2) is 16.6 Å². The number of aromatic nitrogens is 2. The minimum Gasteiger partial charge on any atom is -0.433 e. The van der Waals surface area contributed by atoms with Gasteiger partial charge in [0.25, 0.3) is 0 Å². The monoisotopic (exact) mass is 345 g/mol. The summed E-state index contributed by atoms with van der Waals surface area (Å²) in [7, 11) is 0. The Balaban J connectivity index is 2.30. The highest BCUT2D eigenvalue weighted by atomic mass is 79.9. The second-order valence-electron chi connectivity index (χ2n) is 3.53. The largest absolute Gasteiger partial charge is 0.433 e. The van der Waals surface area contributed by atoms with Crippen LogP contribution < -0.4 is 21.3 Å². The van der Waals surface area contributed by atoms with Gasteiger partial charge in [0.05, 0.1) is 10.2 Å². The van der Waals surface area contributed by atoms with Crippen LogP contribution in [0.5, 0.6) is 5.75 Å². The predicted octanol–water partition coefficient (Wildman–Crippen LogP) is 2.87. The van der Waals surface area contributed by atoms with E-state index < -0.39 is 6.61 Å². The summed E-state index contributed by atoms with van der Waals surface area (Å²) in [5.74, 6) is 5.77. The molecule has 6 nitrogen and oxygen atoms in total. The topological polar surface area (TPSA) is 85.1 Å². The number of rotatable bonds is 5. The predicted molar refractivity (Wildman–Crippen MR) is 73.9 cm³/mol. The molecular weight excluding hydrogens is 336 g/mol. The van der Waals surface area contributed by atoms with E-state index in [0.717, 1.165) is 0 Å². The number of benzene rings is 1. The molecule has 2 rings (SSSR count). The molecule has 0 amide bonds. The molecule has 1 aromatic carbocycles. The fourth-order valence-corrected chi connectivity index (χ4v) is 1.71. The Kier molecular flexibility index (Phi) is 4.64. The molecule has 0 radical (unpaired) electrons. The van der Waals surface area contributed by atoms with Gasteiger partial charge >= 0.3 is 6.61 Å². The Hall–Kier alpha value is -2.00. The van der Waals surface area contributed by atoms with Crippen LogP contribution in [0.2, 0.25) is 0 Å². The molecule has 1 aromatic heterocycles. The molecule has 0 atom stereocenters. The number of nitrogens with one attached hydrogen (secondary N) is 2. The van der Waals surface area contributed by atoms with Crippen molar-refractivity contribution < 1.29 is 13.5 Å². The summed E-state index contributed by atoms with van der Waals surface area (Å²) >= 11 is 3.25. The van der Waals surface area contributed by atoms with E-state index in [2.05, 4.69) is 41.4 Å². The molecule has 0 bridgehead atoms. The third-order valence-electron chi connectivity index (χ3n) is 2.23. The zero-order valence-electron chi connectivity index (χ0n) is 9.98. The molecule has 20 heavy (non-hydrogen) atoms. The molecule has 4 N–H and O–H groups in total. The number of hydrazine groups is 1. The number of nitrogens with zero attached hydrogens (tertiary/aromatic N) is 2. The summed E-state index contributed by atoms with van der Waals surface area (Å²) in [5, 5.41) is 2.87. The fourth-order valence-electron chi connectivity index (χ4n) is 1.42. The fraction of sp³-hybridized carbons (Fsp3) is 0.0909. The van der Waals surface area contributed by atoms with E-state index in [1.165, 1.54) is 12.3 Å². The molecule has 0 saturated carbocycles. The minimum atomic E-state index is -2.91. The number of nitrogens with two attached hydrogens (primary N) is 1. The molecule has 0 spiro atoms. The van der Waals surface area contributed by atoms with E-state index >= 15 is 0 Å². The number of alkyl halides is 2. The molecule has 0 aliphatic heterocycles. The normalized spacial score (nSPS) is 10.4. The summed E-state index contributed by atoms with van der Waals surface area (Å²) < 4.78 is 29.6. The van der Waals surface area contributed by atoms with Crippen LogP contribution in [0, 0.1) is 0 Å². The number of ether oxygens (including phenoxy) is 1. The molecule has 0 aliphatic carbocycles. The van der Waals surface area contributed by atoms with Gasteiger partial charge < -0.3 is 10.1 Å². The molecule has 2 aromatic rings. The van der Waals surface area contributed by atoms with Crippen LogP contribution in [0.15, 0.2) is 34.9 Å². The van der Waals surface area contributed by atoms with Gasteiger partial charge in [0.2, 0.25) is 5.95 Å². The van der Waals surface area contributed by atoms with Crippen molar-refractivity contribution in [2.45, 2.75) is 6.61 Å². The SMILES string of the molecule is NNc1ncc(Br)c(Nc2ccccc2OC(F)F)n1. The molecular formula is C11H10BrF2N5O. The first-order chi connectivity index (χ1) is 9.60. The molecule has 1 heterocycles. The Morgan fingerprint density at radius 2 is 2.05 bits per heavy atom. The minimum absolute atomic E-state index is 0.00951. The number of hydrogen-bond donors (Lipinski definition) is 3. The quantitative estimate of drug-likeness (QED) is 0.570. The maximum Gasteiger partial charge on any atom is 0.387 e. The van der Waals surface area contributed by atoms with Gasteiger partial charge in [-0.3, -0.25) is 5.43 Å². The Labute approximate surface area is 121 Å². The third kappa shape index (κ3) is 3.52. The van der Waals surface area contributed by atoms with Crippen molar-refractivity contribution in [2.24, 2.45) is 5.84 Å². The zero-order valence-corrected chi connectivity index (χ0v) is 11.6. The number of anilines is 3. The van der Waals surface area contributed by atoms with Gasteiger partial charge in [0, 0.05) is 6.20 Å². The van der Waals surface area contributed by atoms with Crippen molar-refractivity contribution in [1.82, 2.24) is 9.97 Å². The van der Waals surface area contributed by atoms with Crippen molar-refractivity contribution in [3.63, 3.8) is 0 Å². The first-order valence-electron chi connectivity index (χ1n) is 5.40. The maximum absolute atomic E-state index is 12.3. The average Bonchev–Trinajstić information content (AvgIpc) is 2.43. The molecule has 0 aliphatic rings. The van der Waals surface area contributed by atoms with Crippen molar-refractivity contribution in [2.75, 3.05) is 10.7 Å². The lowest BCUT2D eigenvalue weighted by Gasteiger charge is -2.13. The molecule has 106 valence electrons. The highest BCUT2D eigenvalue weighted by Gasteiger charge is 2.11. The van der Waals surface area contributed by atoms with E-state index in [1.54, 1.807) is 18.2 Å². The summed E-state index contributed by atoms with van der Waals surface area (Å²) in [5.41, 5.74) is 2.64. The standard InChI is InChI=1S/C11H10BrF2N5O/c12-6-5-16-11(19-15)18-9(6)17-7-3-1-2-4-8(7)20-10(13)14/h1-5,10H,15H2,(H2,16,17,18,19). The van der Waals surface area contributed by atoms with E-state index in [0.29, 0.717) is 16.0 Å². The van der Waals surface area contributed by atoms with Gasteiger partial charge in [-0.25, -0.2) is 10.8 Å². The lowest BCUT2D eigenvalue weighted by atomic mass is 10.3. The van der Waals surface area contributed by atoms with Crippen molar-refractivity contribution in [1.29, 1.82) is 0 Å². The van der Waals surface area contributed by atoms with Gasteiger partial charge in [-0.05, 0) is 28.1 Å². The lowest BCUT2D eigenvalue weighted by molar-refractivity contribution is -0.0493. The number of hydrogen-bond acceptors (Lipinski definition) is 6. The first-order valence-corrected chi connectivity index (χ1v) is 6.19. The molecule has 0 saturated heterocycles. The maximum atomic E-state index is 12.3. The highest BCUT2D eigenvalue weighted by Crippen LogP contribution is 2.31. The van der Waals surface area contributed by atoms with Crippen LogP contribution >= 0.6 is 15.9 Å². The Morgan fingerprint density at radius 3 is 2.75 bits per heavy atom. The summed E-state index contributed by atoms with van der Waals surface area (Å²) in [4.78, 5) is 7.94. The van der Waals surface area contributed by atoms with Gasteiger partial charge in [-0.2, -0.15) is 13.8 Å². The third-order valence-corrected chi connectivity index (χ3v) is 2.81. The van der Waals surface area contributed by atoms with Crippen LogP contribution in [0.4, 0.5) is 26.2 Å². The van der Waals surface area contributed by atoms with Crippen LogP contribution in [0.3, 0.4) is 0 Å². The Bertz CT molecular complexity index is 599. The van der Waals surface area contributed by atoms with Crippen LogP contribution in [0.1, 0.15) is 0 Å². The van der Waals surface area contributed by atoms with Gasteiger partial charge in [0.1, 0.15) is 5.75 Å². The van der Waals surface area contributed by atoms with Gasteiger partial charge in [-0.15, -0.1) is 0 Å². The second-order valence-corrected chi connectivity index (χ2v) is 4.39. The van der Waals surface area contributed by atoms with Gasteiger partial charge in [0.15, 0.2) is 5.82 Å². The molecule has 0 unspecified atom stereocenters. The van der Waals surface area contributed by atoms with E-state index in [9.17, 15) is 8.78 Å². The van der Waals surface area contributed by atoms with Crippen molar-refractivity contribution >= 4 is 33.4 Å². The average molecular weight is 346 g/mol. The van der Waals surface area contributed by atoms with Crippen LogP contribution in [0.25, 0.3) is 0 Å². The molecule has 9 heteroatoms. The highest BCUT2D eigenvalue weighted by molar-refractivity contribution is 9.10. The second kappa shape index (κ2) is 6.44. The zero-order chi connectivity index (χ0) is 14.5. The van der Waals surface area contributed by atoms with E-state index in [1.807, 2.05) is 0 Å². The number of halogens is 3. The number of para-hydroxylation sites is 2. The van der Waals surface area contributed by atoms with Crippen molar-refractivity contribution in [3.8, 4) is 5.75 Å². The summed E-state index contributed by atoms with van der Waals surface area (Å²) in [6, 6.07) is 6.27. The number of nitrogen functional groups attached to an aromatic ring is 1. The summed E-state index contributed by atoms with van der Waals surface area (Å²) in [6.07, 6.45) is 1.47. The lowest BCUT2D eigenvalue weighted by Crippen LogP contribution is -2.11. The Morgan fingerprint density at radius 1 is 1.30 bits per heavy atom. The smallest absolute Gasteiger partial charge is 0.387 e. The van der Waals surface area contributed by atoms with E-state index in [-0.39, 0.29) is 11.7 Å². The van der Waals surface area contributed by atoms with E-state index in [4.69, 9.17) is 5.84 Å². The summed E-state index contributed by atoms with van der Waals surface area (Å²) in [6.45, 7) is -2.91. The van der Waals surface area contributed by atoms with Crippen molar-refractivity contribution in [3.05, 3.63) is 34.9 Å².